The van der Waals surface area contributed by atoms with Crippen LogP contribution in [0.2, 0.25) is 5.02 Å². The van der Waals surface area contributed by atoms with Gasteiger partial charge in [-0.15, -0.1) is 0 Å². The van der Waals surface area contributed by atoms with Crippen LogP contribution < -0.4 is 10.6 Å². The molecule has 1 aromatic rings. The van der Waals surface area contributed by atoms with Crippen molar-refractivity contribution in [3.05, 3.63) is 29.3 Å². The first-order valence-electron chi connectivity index (χ1n) is 6.58. The normalized spacial score (nSPS) is 9.90. The van der Waals surface area contributed by atoms with Crippen molar-refractivity contribution in [1.29, 1.82) is 0 Å². The number of carbonyl (C=O) groups is 1. The third-order valence-corrected chi connectivity index (χ3v) is 2.97. The zero-order valence-corrected chi connectivity index (χ0v) is 13.0. The van der Waals surface area contributed by atoms with Crippen molar-refractivity contribution in [3.8, 4) is 0 Å². The molecule has 0 aliphatic heterocycles. The van der Waals surface area contributed by atoms with Crippen LogP contribution in [0.4, 0.5) is 5.69 Å². The van der Waals surface area contributed by atoms with Gasteiger partial charge in [0.1, 0.15) is 6.54 Å². The molecule has 110 valence electrons. The van der Waals surface area contributed by atoms with Gasteiger partial charge in [0.2, 0.25) is 0 Å². The Hall–Kier alpha value is -1.33. The quantitative estimate of drug-likeness (QED) is 0.459. The van der Waals surface area contributed by atoms with Crippen molar-refractivity contribution in [2.45, 2.75) is 26.2 Å². The molecular weight excluding hydrogens is 296 g/mol. The van der Waals surface area contributed by atoms with Gasteiger partial charge in [-0.1, -0.05) is 37.4 Å². The zero-order valence-electron chi connectivity index (χ0n) is 11.4. The summed E-state index contributed by atoms with van der Waals surface area (Å²) >= 11 is 10.9. The smallest absolute Gasteiger partial charge is 0.325 e. The summed E-state index contributed by atoms with van der Waals surface area (Å²) in [6.45, 7) is 2.62. The van der Waals surface area contributed by atoms with Crippen molar-refractivity contribution in [3.63, 3.8) is 0 Å². The van der Waals surface area contributed by atoms with E-state index in [0.717, 1.165) is 24.9 Å². The molecule has 0 unspecified atom stereocenters. The lowest BCUT2D eigenvalue weighted by Crippen LogP contribution is -2.34. The summed E-state index contributed by atoms with van der Waals surface area (Å²) in [4.78, 5) is 11.4. The molecule has 0 atom stereocenters. The second kappa shape index (κ2) is 9.55. The van der Waals surface area contributed by atoms with E-state index < -0.39 is 0 Å². The van der Waals surface area contributed by atoms with E-state index in [1.54, 1.807) is 12.1 Å². The predicted molar refractivity (Wildman–Crippen MR) is 86.2 cm³/mol. The van der Waals surface area contributed by atoms with Crippen molar-refractivity contribution in [2.24, 2.45) is 0 Å². The molecule has 2 N–H and O–H groups in total. The van der Waals surface area contributed by atoms with E-state index in [2.05, 4.69) is 17.6 Å². The van der Waals surface area contributed by atoms with E-state index in [0.29, 0.717) is 16.7 Å². The van der Waals surface area contributed by atoms with Gasteiger partial charge >= 0.3 is 5.97 Å². The number of ether oxygens (including phenoxy) is 1. The first-order chi connectivity index (χ1) is 9.61. The Morgan fingerprint density at radius 1 is 1.40 bits per heavy atom. The van der Waals surface area contributed by atoms with E-state index in [1.807, 2.05) is 12.1 Å². The number of carbonyl (C=O) groups excluding carboxylic acids is 1. The van der Waals surface area contributed by atoms with Gasteiger partial charge in [-0.25, -0.2) is 0 Å². The van der Waals surface area contributed by atoms with E-state index in [9.17, 15) is 4.79 Å². The Morgan fingerprint density at radius 3 is 2.90 bits per heavy atom. The van der Waals surface area contributed by atoms with Crippen LogP contribution in [-0.4, -0.2) is 24.2 Å². The van der Waals surface area contributed by atoms with Gasteiger partial charge in [0.05, 0.1) is 6.61 Å². The number of unbranched alkanes of at least 4 members (excludes halogenated alkanes) is 2. The molecule has 4 nitrogen and oxygen atoms in total. The fraction of sp³-hybridized carbons (Fsp3) is 0.429. The van der Waals surface area contributed by atoms with Crippen molar-refractivity contribution >= 4 is 40.6 Å². The summed E-state index contributed by atoms with van der Waals surface area (Å²) in [7, 11) is 0. The molecule has 1 aromatic carbocycles. The summed E-state index contributed by atoms with van der Waals surface area (Å²) < 4.78 is 5.05. The summed E-state index contributed by atoms with van der Waals surface area (Å²) in [5, 5.41) is 6.71. The van der Waals surface area contributed by atoms with Gasteiger partial charge in [-0.2, -0.15) is 0 Å². The number of nitrogens with one attached hydrogen (secondary N) is 2. The fourth-order valence-corrected chi connectivity index (χ4v) is 1.86. The second-order valence-corrected chi connectivity index (χ2v) is 5.09. The lowest BCUT2D eigenvalue weighted by molar-refractivity contribution is -0.142. The molecule has 1 rings (SSSR count). The highest BCUT2D eigenvalue weighted by molar-refractivity contribution is 7.80. The number of hydrogen-bond acceptors (Lipinski definition) is 3. The zero-order chi connectivity index (χ0) is 14.8. The SMILES string of the molecule is CCCCCOC(=O)CNC(=S)Nc1cccc(Cl)c1. The molecule has 0 aromatic heterocycles. The predicted octanol–water partition coefficient (Wildman–Crippen LogP) is 3.36. The number of hydrogen-bond donors (Lipinski definition) is 2. The summed E-state index contributed by atoms with van der Waals surface area (Å²) in [5.41, 5.74) is 0.770. The third-order valence-electron chi connectivity index (χ3n) is 2.49. The topological polar surface area (TPSA) is 50.4 Å². The van der Waals surface area contributed by atoms with Gasteiger partial charge in [0.15, 0.2) is 5.11 Å². The largest absolute Gasteiger partial charge is 0.464 e. The maximum Gasteiger partial charge on any atom is 0.325 e. The van der Waals surface area contributed by atoms with Crippen LogP contribution in [0.3, 0.4) is 0 Å². The number of anilines is 1. The van der Waals surface area contributed by atoms with Crippen LogP contribution >= 0.6 is 23.8 Å². The average molecular weight is 315 g/mol. The Kier molecular flexibility index (Phi) is 7.99. The first-order valence-corrected chi connectivity index (χ1v) is 7.36. The van der Waals surface area contributed by atoms with Crippen LogP contribution in [0.5, 0.6) is 0 Å². The number of esters is 1. The molecule has 0 aliphatic carbocycles. The van der Waals surface area contributed by atoms with E-state index in [-0.39, 0.29) is 12.5 Å². The van der Waals surface area contributed by atoms with E-state index in [1.165, 1.54) is 0 Å². The number of rotatable bonds is 7. The number of halogens is 1. The van der Waals surface area contributed by atoms with Gasteiger partial charge in [-0.3, -0.25) is 4.79 Å². The minimum Gasteiger partial charge on any atom is -0.464 e. The van der Waals surface area contributed by atoms with Crippen LogP contribution in [0.1, 0.15) is 26.2 Å². The monoisotopic (exact) mass is 314 g/mol. The highest BCUT2D eigenvalue weighted by atomic mass is 35.5. The molecule has 6 heteroatoms. The van der Waals surface area contributed by atoms with Gasteiger partial charge < -0.3 is 15.4 Å². The van der Waals surface area contributed by atoms with E-state index >= 15 is 0 Å². The molecule has 0 bridgehead atoms. The highest BCUT2D eigenvalue weighted by Crippen LogP contribution is 2.14. The Morgan fingerprint density at radius 2 is 2.20 bits per heavy atom. The van der Waals surface area contributed by atoms with Crippen molar-refractivity contribution in [2.75, 3.05) is 18.5 Å². The maximum atomic E-state index is 11.4. The van der Waals surface area contributed by atoms with Crippen molar-refractivity contribution < 1.29 is 9.53 Å². The van der Waals surface area contributed by atoms with Gasteiger partial charge in [0.25, 0.3) is 0 Å². The van der Waals surface area contributed by atoms with Crippen LogP contribution in [0.15, 0.2) is 24.3 Å². The molecule has 0 saturated carbocycles. The first kappa shape index (κ1) is 16.7. The van der Waals surface area contributed by atoms with E-state index in [4.69, 9.17) is 28.6 Å². The maximum absolute atomic E-state index is 11.4. The molecule has 0 heterocycles. The standard InChI is InChI=1S/C14H19ClN2O2S/c1-2-3-4-8-19-13(18)10-16-14(20)17-12-7-5-6-11(15)9-12/h5-7,9H,2-4,8,10H2,1H3,(H2,16,17,20). The average Bonchev–Trinajstić information content (AvgIpc) is 2.41. The molecule has 0 saturated heterocycles. The molecule has 0 fully saturated rings. The van der Waals surface area contributed by atoms with Crippen LogP contribution in [0.25, 0.3) is 0 Å². The summed E-state index contributed by atoms with van der Waals surface area (Å²) in [6.07, 6.45) is 3.06. The molecular formula is C14H19ClN2O2S. The third kappa shape index (κ3) is 7.31. The minimum atomic E-state index is -0.309. The summed E-state index contributed by atoms with van der Waals surface area (Å²) in [5.74, 6) is -0.309. The lowest BCUT2D eigenvalue weighted by Gasteiger charge is -2.10. The van der Waals surface area contributed by atoms with Crippen molar-refractivity contribution in [1.82, 2.24) is 5.32 Å². The lowest BCUT2D eigenvalue weighted by atomic mass is 10.3. The summed E-state index contributed by atoms with van der Waals surface area (Å²) in [6, 6.07) is 7.17. The van der Waals surface area contributed by atoms with Gasteiger partial charge in [0, 0.05) is 10.7 Å². The Labute approximate surface area is 129 Å². The molecule has 0 aliphatic rings. The number of thiocarbonyl (C=S) groups is 1. The Bertz CT molecular complexity index is 455. The van der Waals surface area contributed by atoms with Crippen LogP contribution in [-0.2, 0) is 9.53 Å². The molecule has 0 spiro atoms. The fourth-order valence-electron chi connectivity index (χ4n) is 1.48. The molecule has 0 amide bonds. The van der Waals surface area contributed by atoms with Gasteiger partial charge in [-0.05, 0) is 36.8 Å². The second-order valence-electron chi connectivity index (χ2n) is 4.25. The number of benzene rings is 1. The minimum absolute atomic E-state index is 0.0541. The Balaban J connectivity index is 2.21. The molecule has 0 radical (unpaired) electrons. The van der Waals surface area contributed by atoms with Crippen LogP contribution in [0, 0.1) is 0 Å². The highest BCUT2D eigenvalue weighted by Gasteiger charge is 2.04. The molecule has 20 heavy (non-hydrogen) atoms.